The van der Waals surface area contributed by atoms with Gasteiger partial charge in [-0.25, -0.2) is 5.43 Å². The highest BCUT2D eigenvalue weighted by molar-refractivity contribution is 7.12. The monoisotopic (exact) mass is 248 g/mol. The summed E-state index contributed by atoms with van der Waals surface area (Å²) in [5, 5.41) is 6.02. The van der Waals surface area contributed by atoms with Crippen molar-refractivity contribution in [1.82, 2.24) is 5.43 Å². The highest BCUT2D eigenvalue weighted by atomic mass is 32.1. The first kappa shape index (κ1) is 11.6. The molecular weight excluding hydrogens is 236 g/mol. The third kappa shape index (κ3) is 2.62. The van der Waals surface area contributed by atoms with Crippen LogP contribution in [-0.4, -0.2) is 11.6 Å². The van der Waals surface area contributed by atoms with E-state index in [1.54, 1.807) is 24.3 Å². The molecule has 2 heterocycles. The fourth-order valence-electron chi connectivity index (χ4n) is 1.35. The van der Waals surface area contributed by atoms with E-state index in [2.05, 4.69) is 10.5 Å². The van der Waals surface area contributed by atoms with Crippen LogP contribution in [0.1, 0.15) is 27.9 Å². The zero-order valence-corrected chi connectivity index (χ0v) is 10.4. The van der Waals surface area contributed by atoms with Gasteiger partial charge in [-0.05, 0) is 31.4 Å². The maximum absolute atomic E-state index is 11.7. The van der Waals surface area contributed by atoms with Crippen molar-refractivity contribution in [2.75, 3.05) is 0 Å². The molecule has 17 heavy (non-hydrogen) atoms. The van der Waals surface area contributed by atoms with Gasteiger partial charge >= 0.3 is 0 Å². The van der Waals surface area contributed by atoms with E-state index < -0.39 is 0 Å². The molecule has 1 amide bonds. The number of hydrazone groups is 1. The number of nitrogens with zero attached hydrogens (tertiary/aromatic N) is 1. The minimum atomic E-state index is -0.257. The van der Waals surface area contributed by atoms with Crippen molar-refractivity contribution in [2.24, 2.45) is 5.10 Å². The van der Waals surface area contributed by atoms with Crippen LogP contribution >= 0.6 is 11.3 Å². The molecular formula is C12H12N2O2S. The minimum absolute atomic E-state index is 0.257. The molecule has 0 aliphatic heterocycles. The number of carbonyl (C=O) groups excluding carboxylic acids is 1. The van der Waals surface area contributed by atoms with Gasteiger partial charge in [-0.2, -0.15) is 5.10 Å². The summed E-state index contributed by atoms with van der Waals surface area (Å²) in [5.41, 5.74) is 3.80. The Balaban J connectivity index is 2.06. The van der Waals surface area contributed by atoms with E-state index in [1.807, 2.05) is 24.4 Å². The molecule has 0 unspecified atom stereocenters. The van der Waals surface area contributed by atoms with Crippen LogP contribution in [-0.2, 0) is 0 Å². The van der Waals surface area contributed by atoms with Gasteiger partial charge < -0.3 is 4.42 Å². The zero-order valence-electron chi connectivity index (χ0n) is 9.56. The van der Waals surface area contributed by atoms with Crippen LogP contribution in [0, 0.1) is 6.92 Å². The van der Waals surface area contributed by atoms with E-state index in [-0.39, 0.29) is 5.91 Å². The van der Waals surface area contributed by atoms with Gasteiger partial charge in [0, 0.05) is 4.88 Å². The average molecular weight is 248 g/mol. The Bertz CT molecular complexity index is 541. The standard InChI is InChI=1S/C12H12N2O2S/c1-8(11-4-3-7-17-11)13-14-12(15)10-5-6-16-9(10)2/h3-7H,1-2H3,(H,14,15)/b13-8+. The quantitative estimate of drug-likeness (QED) is 0.670. The fourth-order valence-corrected chi connectivity index (χ4v) is 2.03. The first-order valence-electron chi connectivity index (χ1n) is 5.11. The number of furan rings is 1. The van der Waals surface area contributed by atoms with Crippen LogP contribution in [0.15, 0.2) is 39.4 Å². The second kappa shape index (κ2) is 4.97. The Labute approximate surface area is 103 Å². The van der Waals surface area contributed by atoms with Gasteiger partial charge in [0.1, 0.15) is 5.76 Å². The molecule has 1 N–H and O–H groups in total. The van der Waals surface area contributed by atoms with Gasteiger partial charge in [-0.1, -0.05) is 6.07 Å². The van der Waals surface area contributed by atoms with Crippen LogP contribution < -0.4 is 5.43 Å². The topological polar surface area (TPSA) is 54.6 Å². The van der Waals surface area contributed by atoms with E-state index in [0.29, 0.717) is 11.3 Å². The highest BCUT2D eigenvalue weighted by Gasteiger charge is 2.10. The van der Waals surface area contributed by atoms with Gasteiger partial charge in [0.25, 0.3) is 5.91 Å². The van der Waals surface area contributed by atoms with Gasteiger partial charge in [0.05, 0.1) is 17.5 Å². The van der Waals surface area contributed by atoms with E-state index in [9.17, 15) is 4.79 Å². The number of carbonyl (C=O) groups is 1. The van der Waals surface area contributed by atoms with Crippen molar-refractivity contribution < 1.29 is 9.21 Å². The molecule has 2 aromatic rings. The SMILES string of the molecule is C/C(=N\NC(=O)c1ccoc1C)c1cccs1. The van der Waals surface area contributed by atoms with Crippen LogP contribution in [0.5, 0.6) is 0 Å². The summed E-state index contributed by atoms with van der Waals surface area (Å²) < 4.78 is 5.06. The number of rotatable bonds is 3. The van der Waals surface area contributed by atoms with Crippen molar-refractivity contribution in [3.05, 3.63) is 46.0 Å². The molecule has 2 rings (SSSR count). The summed E-state index contributed by atoms with van der Waals surface area (Å²) in [7, 11) is 0. The second-order valence-electron chi connectivity index (χ2n) is 3.51. The van der Waals surface area contributed by atoms with Crippen LogP contribution in [0.3, 0.4) is 0 Å². The van der Waals surface area contributed by atoms with Crippen molar-refractivity contribution in [3.63, 3.8) is 0 Å². The largest absolute Gasteiger partial charge is 0.469 e. The Kier molecular flexibility index (Phi) is 3.39. The lowest BCUT2D eigenvalue weighted by molar-refractivity contribution is 0.0953. The first-order chi connectivity index (χ1) is 8.18. The van der Waals surface area contributed by atoms with Gasteiger partial charge in [-0.15, -0.1) is 11.3 Å². The summed E-state index contributed by atoms with van der Waals surface area (Å²) in [6, 6.07) is 5.53. The summed E-state index contributed by atoms with van der Waals surface area (Å²) in [6.07, 6.45) is 1.49. The zero-order chi connectivity index (χ0) is 12.3. The maximum atomic E-state index is 11.7. The molecule has 4 nitrogen and oxygen atoms in total. The first-order valence-corrected chi connectivity index (χ1v) is 5.99. The lowest BCUT2D eigenvalue weighted by Gasteiger charge is -1.99. The van der Waals surface area contributed by atoms with Crippen molar-refractivity contribution >= 4 is 23.0 Å². The fraction of sp³-hybridized carbons (Fsp3) is 0.167. The average Bonchev–Trinajstić information content (AvgIpc) is 2.95. The number of amides is 1. The van der Waals surface area contributed by atoms with Crippen LogP contribution in [0.2, 0.25) is 0 Å². The Morgan fingerprint density at radius 1 is 1.47 bits per heavy atom. The van der Waals surface area contributed by atoms with Crippen molar-refractivity contribution in [1.29, 1.82) is 0 Å². The number of hydrogen-bond donors (Lipinski definition) is 1. The van der Waals surface area contributed by atoms with Crippen molar-refractivity contribution in [3.8, 4) is 0 Å². The minimum Gasteiger partial charge on any atom is -0.469 e. The molecule has 0 spiro atoms. The number of hydrogen-bond acceptors (Lipinski definition) is 4. The second-order valence-corrected chi connectivity index (χ2v) is 4.45. The lowest BCUT2D eigenvalue weighted by atomic mass is 10.2. The third-order valence-corrected chi connectivity index (χ3v) is 3.29. The molecule has 0 saturated heterocycles. The predicted molar refractivity (Wildman–Crippen MR) is 67.4 cm³/mol. The van der Waals surface area contributed by atoms with E-state index in [4.69, 9.17) is 4.42 Å². The molecule has 5 heteroatoms. The van der Waals surface area contributed by atoms with Gasteiger partial charge in [0.15, 0.2) is 0 Å². The molecule has 0 radical (unpaired) electrons. The summed E-state index contributed by atoms with van der Waals surface area (Å²) in [6.45, 7) is 3.60. The highest BCUT2D eigenvalue weighted by Crippen LogP contribution is 2.10. The maximum Gasteiger partial charge on any atom is 0.274 e. The molecule has 2 aromatic heterocycles. The molecule has 0 fully saturated rings. The normalized spacial score (nSPS) is 11.5. The van der Waals surface area contributed by atoms with E-state index in [0.717, 1.165) is 10.6 Å². The summed E-state index contributed by atoms with van der Waals surface area (Å²) >= 11 is 1.58. The van der Waals surface area contributed by atoms with Crippen molar-refractivity contribution in [2.45, 2.75) is 13.8 Å². The Morgan fingerprint density at radius 2 is 2.29 bits per heavy atom. The molecule has 88 valence electrons. The number of aryl methyl sites for hydroxylation is 1. The van der Waals surface area contributed by atoms with Crippen LogP contribution in [0.4, 0.5) is 0 Å². The molecule has 0 aromatic carbocycles. The van der Waals surface area contributed by atoms with Gasteiger partial charge in [0.2, 0.25) is 0 Å². The molecule has 0 saturated carbocycles. The van der Waals surface area contributed by atoms with Gasteiger partial charge in [-0.3, -0.25) is 4.79 Å². The number of thiophene rings is 1. The smallest absolute Gasteiger partial charge is 0.274 e. The Morgan fingerprint density at radius 3 is 2.88 bits per heavy atom. The molecule has 0 bridgehead atoms. The summed E-state index contributed by atoms with van der Waals surface area (Å²) in [4.78, 5) is 12.8. The predicted octanol–water partition coefficient (Wildman–Crippen LogP) is 2.80. The molecule has 0 atom stereocenters. The van der Waals surface area contributed by atoms with E-state index >= 15 is 0 Å². The summed E-state index contributed by atoms with van der Waals surface area (Å²) in [5.74, 6) is 0.332. The molecule has 0 aliphatic rings. The third-order valence-electron chi connectivity index (χ3n) is 2.31. The Hall–Kier alpha value is -1.88. The molecule has 0 aliphatic carbocycles. The van der Waals surface area contributed by atoms with Crippen LogP contribution in [0.25, 0.3) is 0 Å². The lowest BCUT2D eigenvalue weighted by Crippen LogP contribution is -2.19. The van der Waals surface area contributed by atoms with E-state index in [1.165, 1.54) is 6.26 Å². The number of nitrogens with one attached hydrogen (secondary N) is 1.